The van der Waals surface area contributed by atoms with Crippen LogP contribution in [0.25, 0.3) is 0 Å². The predicted octanol–water partition coefficient (Wildman–Crippen LogP) is 3.82. The van der Waals surface area contributed by atoms with Crippen molar-refractivity contribution in [1.29, 1.82) is 0 Å². The lowest BCUT2D eigenvalue weighted by molar-refractivity contribution is -0.156. The average molecular weight is 415 g/mol. The number of benzene rings is 1. The molecule has 3 saturated heterocycles. The number of Topliss-reactive ketones (excluding diaryl/α,β-unsaturated/α-hetero) is 1. The van der Waals surface area contributed by atoms with E-state index in [2.05, 4.69) is 11.8 Å². The Bertz CT molecular complexity index is 809. The molecule has 3 aliphatic heterocycles. The summed E-state index contributed by atoms with van der Waals surface area (Å²) in [5.74, 6) is 0.486. The highest BCUT2D eigenvalue weighted by Crippen LogP contribution is 2.43. The number of rotatable bonds is 6. The number of hydrogen-bond acceptors (Lipinski definition) is 3. The molecule has 0 saturated carbocycles. The molecule has 6 heteroatoms. The summed E-state index contributed by atoms with van der Waals surface area (Å²) in [4.78, 5) is 42.1. The molecular weight excluding hydrogens is 383 g/mol. The topological polar surface area (TPSA) is 57.7 Å². The third kappa shape index (κ3) is 4.14. The van der Waals surface area contributed by atoms with Crippen LogP contribution in [0.15, 0.2) is 24.3 Å². The molecule has 0 radical (unpaired) electrons. The number of carbonyl (C=O) groups is 3. The molecule has 30 heavy (non-hydrogen) atoms. The summed E-state index contributed by atoms with van der Waals surface area (Å²) >= 11 is 0. The van der Waals surface area contributed by atoms with Gasteiger partial charge in [-0.15, -0.1) is 0 Å². The molecule has 3 fully saturated rings. The van der Waals surface area contributed by atoms with Crippen LogP contribution in [0.1, 0.15) is 68.6 Å². The SMILES string of the molecule is CCC[C@H]1[C@H]2C[C@H](CN(C(=O)CCC(=O)c3ccc(F)cc3)C2)[C@@H]2CCCC(=O)N21. The standard InChI is InChI=1S/C24H31FN2O3/c1-2-4-20-17-13-18(21-5-3-6-24(30)27(20)21)15-26(14-17)23(29)12-11-22(28)16-7-9-19(25)10-8-16/h7-10,17-18,20-21H,2-6,11-15H2,1H3/t17-,18+,20-,21-/m0/s1. The van der Waals surface area contributed by atoms with Crippen LogP contribution in [0.5, 0.6) is 0 Å². The Morgan fingerprint density at radius 2 is 1.83 bits per heavy atom. The fourth-order valence-corrected chi connectivity index (χ4v) is 5.81. The summed E-state index contributed by atoms with van der Waals surface area (Å²) in [5.41, 5.74) is 0.444. The summed E-state index contributed by atoms with van der Waals surface area (Å²) in [6.07, 6.45) is 6.08. The lowest BCUT2D eigenvalue weighted by Crippen LogP contribution is -2.65. The van der Waals surface area contributed by atoms with Gasteiger partial charge in [0.2, 0.25) is 11.8 Å². The Morgan fingerprint density at radius 1 is 1.10 bits per heavy atom. The molecule has 0 aromatic heterocycles. The third-order valence-electron chi connectivity index (χ3n) is 7.17. The second-order valence-corrected chi connectivity index (χ2v) is 9.10. The minimum absolute atomic E-state index is 0.0194. The van der Waals surface area contributed by atoms with Crippen molar-refractivity contribution in [2.45, 2.75) is 70.4 Å². The Labute approximate surface area is 177 Å². The van der Waals surface area contributed by atoms with E-state index >= 15 is 0 Å². The molecule has 3 heterocycles. The summed E-state index contributed by atoms with van der Waals surface area (Å²) in [7, 11) is 0. The highest BCUT2D eigenvalue weighted by Gasteiger charge is 2.49. The van der Waals surface area contributed by atoms with Crippen LogP contribution in [0, 0.1) is 17.7 Å². The van der Waals surface area contributed by atoms with Gasteiger partial charge >= 0.3 is 0 Å². The maximum atomic E-state index is 13.1. The van der Waals surface area contributed by atoms with Crippen molar-refractivity contribution in [2.24, 2.45) is 11.8 Å². The maximum Gasteiger partial charge on any atom is 0.223 e. The van der Waals surface area contributed by atoms with E-state index in [1.807, 2.05) is 4.90 Å². The van der Waals surface area contributed by atoms with Crippen LogP contribution in [0.4, 0.5) is 4.39 Å². The van der Waals surface area contributed by atoms with Gasteiger partial charge < -0.3 is 9.80 Å². The number of nitrogens with zero attached hydrogens (tertiary/aromatic N) is 2. The molecule has 3 aliphatic rings. The Balaban J connectivity index is 1.41. The molecule has 1 aromatic carbocycles. The molecule has 0 unspecified atom stereocenters. The van der Waals surface area contributed by atoms with Crippen molar-refractivity contribution < 1.29 is 18.8 Å². The van der Waals surface area contributed by atoms with Crippen molar-refractivity contribution in [3.05, 3.63) is 35.6 Å². The minimum Gasteiger partial charge on any atom is -0.342 e. The van der Waals surface area contributed by atoms with E-state index in [4.69, 9.17) is 0 Å². The monoisotopic (exact) mass is 414 g/mol. The van der Waals surface area contributed by atoms with E-state index < -0.39 is 0 Å². The Hall–Kier alpha value is -2.24. The third-order valence-corrected chi connectivity index (χ3v) is 7.17. The lowest BCUT2D eigenvalue weighted by atomic mass is 9.71. The van der Waals surface area contributed by atoms with Gasteiger partial charge in [0.1, 0.15) is 5.82 Å². The molecule has 2 bridgehead atoms. The van der Waals surface area contributed by atoms with E-state index in [1.54, 1.807) is 0 Å². The maximum absolute atomic E-state index is 13.1. The summed E-state index contributed by atoms with van der Waals surface area (Å²) in [5, 5.41) is 0. The number of carbonyl (C=O) groups excluding carboxylic acids is 3. The van der Waals surface area contributed by atoms with E-state index in [0.29, 0.717) is 42.8 Å². The summed E-state index contributed by atoms with van der Waals surface area (Å²) in [6.45, 7) is 3.52. The zero-order chi connectivity index (χ0) is 21.3. The molecule has 0 spiro atoms. The Kier molecular flexibility index (Phi) is 6.21. The van der Waals surface area contributed by atoms with Gasteiger partial charge in [0, 0.05) is 50.0 Å². The van der Waals surface area contributed by atoms with E-state index in [9.17, 15) is 18.8 Å². The van der Waals surface area contributed by atoms with Gasteiger partial charge in [-0.05, 0) is 61.8 Å². The normalized spacial score (nSPS) is 28.3. The minimum atomic E-state index is -0.376. The molecular formula is C24H31FN2O3. The first-order valence-electron chi connectivity index (χ1n) is 11.4. The van der Waals surface area contributed by atoms with Gasteiger partial charge in [-0.25, -0.2) is 4.39 Å². The van der Waals surface area contributed by atoms with Crippen LogP contribution >= 0.6 is 0 Å². The molecule has 0 aliphatic carbocycles. The van der Waals surface area contributed by atoms with Crippen molar-refractivity contribution in [2.75, 3.05) is 13.1 Å². The van der Waals surface area contributed by atoms with Gasteiger partial charge in [0.05, 0.1) is 0 Å². The molecule has 0 N–H and O–H groups in total. The van der Waals surface area contributed by atoms with Gasteiger partial charge in [-0.3, -0.25) is 14.4 Å². The van der Waals surface area contributed by atoms with Crippen LogP contribution in [-0.2, 0) is 9.59 Å². The van der Waals surface area contributed by atoms with E-state index in [0.717, 1.165) is 32.1 Å². The van der Waals surface area contributed by atoms with Crippen molar-refractivity contribution in [1.82, 2.24) is 9.80 Å². The average Bonchev–Trinajstić information content (AvgIpc) is 2.75. The first-order chi connectivity index (χ1) is 14.5. The van der Waals surface area contributed by atoms with Crippen molar-refractivity contribution in [3.8, 4) is 0 Å². The van der Waals surface area contributed by atoms with Crippen LogP contribution in [-0.4, -0.2) is 52.6 Å². The van der Waals surface area contributed by atoms with Crippen LogP contribution in [0.3, 0.4) is 0 Å². The molecule has 4 rings (SSSR count). The fraction of sp³-hybridized carbons (Fsp3) is 0.625. The number of likely N-dealkylation sites (tertiary alicyclic amines) is 1. The Morgan fingerprint density at radius 3 is 2.57 bits per heavy atom. The number of halogens is 1. The van der Waals surface area contributed by atoms with Crippen molar-refractivity contribution in [3.63, 3.8) is 0 Å². The first kappa shape index (κ1) is 21.0. The molecule has 4 atom stereocenters. The highest BCUT2D eigenvalue weighted by atomic mass is 19.1. The zero-order valence-electron chi connectivity index (χ0n) is 17.7. The van der Waals surface area contributed by atoms with E-state index in [-0.39, 0.29) is 42.4 Å². The van der Waals surface area contributed by atoms with Gasteiger partial charge in [0.15, 0.2) is 5.78 Å². The van der Waals surface area contributed by atoms with Gasteiger partial charge in [-0.2, -0.15) is 0 Å². The molecule has 2 amide bonds. The number of amides is 2. The fourth-order valence-electron chi connectivity index (χ4n) is 5.81. The van der Waals surface area contributed by atoms with Crippen molar-refractivity contribution >= 4 is 17.6 Å². The van der Waals surface area contributed by atoms with Gasteiger partial charge in [-0.1, -0.05) is 13.3 Å². The number of hydrogen-bond donors (Lipinski definition) is 0. The predicted molar refractivity (Wildman–Crippen MR) is 111 cm³/mol. The molecule has 1 aromatic rings. The lowest BCUT2D eigenvalue weighted by Gasteiger charge is -2.56. The second-order valence-electron chi connectivity index (χ2n) is 9.10. The number of ketones is 1. The summed E-state index contributed by atoms with van der Waals surface area (Å²) < 4.78 is 13.1. The smallest absolute Gasteiger partial charge is 0.223 e. The van der Waals surface area contributed by atoms with Crippen LogP contribution < -0.4 is 0 Å². The second kappa shape index (κ2) is 8.86. The number of piperidine rings is 3. The quantitative estimate of drug-likeness (QED) is 0.665. The highest BCUT2D eigenvalue weighted by molar-refractivity contribution is 5.97. The molecule has 5 nitrogen and oxygen atoms in total. The largest absolute Gasteiger partial charge is 0.342 e. The van der Waals surface area contributed by atoms with E-state index in [1.165, 1.54) is 24.3 Å². The summed E-state index contributed by atoms with van der Waals surface area (Å²) in [6, 6.07) is 5.98. The van der Waals surface area contributed by atoms with Crippen LogP contribution in [0.2, 0.25) is 0 Å². The first-order valence-corrected chi connectivity index (χ1v) is 11.4. The molecule has 162 valence electrons. The number of fused-ring (bicyclic) bond motifs is 4. The zero-order valence-corrected chi connectivity index (χ0v) is 17.7. The van der Waals surface area contributed by atoms with Gasteiger partial charge in [0.25, 0.3) is 0 Å².